The molecule has 1 aliphatic heterocycles. The second kappa shape index (κ2) is 10.6. The summed E-state index contributed by atoms with van der Waals surface area (Å²) in [6, 6.07) is 10.9. The third kappa shape index (κ3) is 5.85. The fourth-order valence-electron chi connectivity index (χ4n) is 4.62. The molecule has 0 atom stereocenters. The van der Waals surface area contributed by atoms with Gasteiger partial charge in [-0.1, -0.05) is 37.5 Å². The lowest BCUT2D eigenvalue weighted by atomic mass is 9.95. The predicted octanol–water partition coefficient (Wildman–Crippen LogP) is 3.15. The van der Waals surface area contributed by atoms with Gasteiger partial charge >= 0.3 is 0 Å². The summed E-state index contributed by atoms with van der Waals surface area (Å²) in [5.41, 5.74) is 1.90. The van der Waals surface area contributed by atoms with Crippen LogP contribution in [0.4, 0.5) is 5.69 Å². The van der Waals surface area contributed by atoms with Gasteiger partial charge in [0.15, 0.2) is 0 Å². The molecule has 1 saturated heterocycles. The maximum atomic E-state index is 12.9. The van der Waals surface area contributed by atoms with Crippen molar-refractivity contribution in [1.29, 1.82) is 0 Å². The highest BCUT2D eigenvalue weighted by atomic mass is 16.2. The van der Waals surface area contributed by atoms with Crippen molar-refractivity contribution in [2.45, 2.75) is 64.1 Å². The van der Waals surface area contributed by atoms with Crippen LogP contribution in [0.2, 0.25) is 0 Å². The molecule has 1 aliphatic carbocycles. The van der Waals surface area contributed by atoms with Gasteiger partial charge in [-0.05, 0) is 56.5 Å². The number of rotatable bonds is 7. The Bertz CT molecular complexity index is 1000. The number of hydrogen-bond acceptors (Lipinski definition) is 4. The van der Waals surface area contributed by atoms with Crippen LogP contribution in [0, 0.1) is 0 Å². The minimum Gasteiger partial charge on any atom is -0.352 e. The molecule has 1 saturated carbocycles. The van der Waals surface area contributed by atoms with Crippen molar-refractivity contribution < 1.29 is 9.59 Å². The van der Waals surface area contributed by atoms with Gasteiger partial charge in [-0.3, -0.25) is 19.3 Å². The molecule has 4 rings (SSSR count). The van der Waals surface area contributed by atoms with E-state index in [1.165, 1.54) is 42.2 Å². The molecule has 7 nitrogen and oxygen atoms in total. The third-order valence-electron chi connectivity index (χ3n) is 6.39. The zero-order chi connectivity index (χ0) is 22.3. The topological polar surface area (TPSA) is 83.4 Å². The number of nitrogens with zero attached hydrogens (tertiary/aromatic N) is 2. The molecule has 2 aromatic rings. The van der Waals surface area contributed by atoms with Crippen molar-refractivity contribution in [3.05, 3.63) is 64.1 Å². The van der Waals surface area contributed by atoms with Gasteiger partial charge in [0, 0.05) is 30.5 Å². The molecule has 1 aromatic heterocycles. The van der Waals surface area contributed by atoms with Gasteiger partial charge in [0.05, 0.1) is 5.56 Å². The van der Waals surface area contributed by atoms with Gasteiger partial charge in [-0.2, -0.15) is 0 Å². The lowest BCUT2D eigenvalue weighted by Crippen LogP contribution is -2.39. The molecule has 1 aromatic carbocycles. The molecule has 0 spiro atoms. The van der Waals surface area contributed by atoms with Crippen LogP contribution in [0.3, 0.4) is 0 Å². The second-order valence-electron chi connectivity index (χ2n) is 8.88. The molecule has 7 heteroatoms. The summed E-state index contributed by atoms with van der Waals surface area (Å²) in [5.74, 6) is -0.479. The number of nitrogens with one attached hydrogen (secondary N) is 2. The van der Waals surface area contributed by atoms with E-state index in [9.17, 15) is 14.4 Å². The zero-order valence-corrected chi connectivity index (χ0v) is 18.5. The molecular weight excluding hydrogens is 404 g/mol. The van der Waals surface area contributed by atoms with Crippen LogP contribution in [0.15, 0.2) is 47.4 Å². The minimum atomic E-state index is -0.297. The van der Waals surface area contributed by atoms with Gasteiger partial charge < -0.3 is 15.2 Å². The van der Waals surface area contributed by atoms with Crippen LogP contribution < -0.4 is 16.2 Å². The number of carbonyl (C=O) groups is 2. The Labute approximate surface area is 188 Å². The van der Waals surface area contributed by atoms with E-state index in [2.05, 4.69) is 15.5 Å². The van der Waals surface area contributed by atoms with Crippen LogP contribution in [-0.4, -0.2) is 40.4 Å². The quantitative estimate of drug-likeness (QED) is 0.699. The van der Waals surface area contributed by atoms with Crippen molar-refractivity contribution in [2.24, 2.45) is 0 Å². The largest absolute Gasteiger partial charge is 0.352 e. The monoisotopic (exact) mass is 436 g/mol. The number of likely N-dealkylation sites (tertiary alicyclic amines) is 1. The van der Waals surface area contributed by atoms with Crippen molar-refractivity contribution in [3.8, 4) is 0 Å². The third-order valence-corrected chi connectivity index (χ3v) is 6.39. The summed E-state index contributed by atoms with van der Waals surface area (Å²) in [6.45, 7) is 2.88. The Balaban J connectivity index is 1.42. The normalized spacial score (nSPS) is 17.2. The SMILES string of the molecule is O=C(Cn1cc(C(=O)Nc2ccccc2CN2CCCC2)ccc1=O)NC1CCCCC1. The summed E-state index contributed by atoms with van der Waals surface area (Å²) in [7, 11) is 0. The van der Waals surface area contributed by atoms with Crippen molar-refractivity contribution >= 4 is 17.5 Å². The number of aromatic nitrogens is 1. The first-order valence-corrected chi connectivity index (χ1v) is 11.7. The van der Waals surface area contributed by atoms with Crippen LogP contribution in [0.1, 0.15) is 60.9 Å². The lowest BCUT2D eigenvalue weighted by molar-refractivity contribution is -0.122. The molecule has 0 bridgehead atoms. The summed E-state index contributed by atoms with van der Waals surface area (Å²) < 4.78 is 1.31. The molecule has 170 valence electrons. The number of benzene rings is 1. The average Bonchev–Trinajstić information content (AvgIpc) is 3.30. The molecule has 32 heavy (non-hydrogen) atoms. The van der Waals surface area contributed by atoms with Gasteiger partial charge in [0.25, 0.3) is 11.5 Å². The Morgan fingerprint density at radius 1 is 0.938 bits per heavy atom. The van der Waals surface area contributed by atoms with Crippen molar-refractivity contribution in [2.75, 3.05) is 18.4 Å². The molecule has 2 N–H and O–H groups in total. The van der Waals surface area contributed by atoms with Gasteiger partial charge in [-0.25, -0.2) is 0 Å². The first kappa shape index (κ1) is 22.3. The van der Waals surface area contributed by atoms with E-state index in [0.29, 0.717) is 5.56 Å². The molecule has 0 radical (unpaired) electrons. The number of amides is 2. The van der Waals surface area contributed by atoms with E-state index >= 15 is 0 Å². The molecular formula is C25H32N4O3. The highest BCUT2D eigenvalue weighted by Crippen LogP contribution is 2.21. The average molecular weight is 437 g/mol. The standard InChI is InChI=1S/C25H32N4O3/c30-23(26-21-9-2-1-3-10-21)18-29-17-20(12-13-24(29)31)25(32)27-22-11-5-4-8-19(22)16-28-14-6-7-15-28/h4-5,8,11-13,17,21H,1-3,6-7,9-10,14-16,18H2,(H,26,30)(H,27,32). The van der Waals surface area contributed by atoms with Gasteiger partial charge in [0.1, 0.15) is 6.54 Å². The van der Waals surface area contributed by atoms with Gasteiger partial charge in [-0.15, -0.1) is 0 Å². The number of pyridine rings is 1. The second-order valence-corrected chi connectivity index (χ2v) is 8.88. The van der Waals surface area contributed by atoms with Crippen LogP contribution in [-0.2, 0) is 17.9 Å². The number of hydrogen-bond donors (Lipinski definition) is 2. The molecule has 2 fully saturated rings. The summed E-state index contributed by atoms with van der Waals surface area (Å²) in [4.78, 5) is 40.0. The van der Waals surface area contributed by atoms with Gasteiger partial charge in [0.2, 0.25) is 5.91 Å². The Hall–Kier alpha value is -2.93. The van der Waals surface area contributed by atoms with E-state index in [1.807, 2.05) is 24.3 Å². The first-order chi connectivity index (χ1) is 15.6. The van der Waals surface area contributed by atoms with Crippen LogP contribution in [0.5, 0.6) is 0 Å². The van der Waals surface area contributed by atoms with E-state index in [1.54, 1.807) is 0 Å². The first-order valence-electron chi connectivity index (χ1n) is 11.7. The Morgan fingerprint density at radius 3 is 2.47 bits per heavy atom. The molecule has 0 unspecified atom stereocenters. The minimum absolute atomic E-state index is 0.0813. The maximum Gasteiger partial charge on any atom is 0.257 e. The summed E-state index contributed by atoms with van der Waals surface area (Å²) in [5, 5.41) is 6.01. The highest BCUT2D eigenvalue weighted by molar-refractivity contribution is 6.04. The maximum absolute atomic E-state index is 12.9. The predicted molar refractivity (Wildman–Crippen MR) is 125 cm³/mol. The smallest absolute Gasteiger partial charge is 0.257 e. The molecule has 2 aliphatic rings. The van der Waals surface area contributed by atoms with Crippen LogP contribution >= 0.6 is 0 Å². The molecule has 2 heterocycles. The summed E-state index contributed by atoms with van der Waals surface area (Å²) in [6.07, 6.45) is 9.33. The number of para-hydroxylation sites is 1. The van der Waals surface area contributed by atoms with E-state index in [0.717, 1.165) is 56.6 Å². The fraction of sp³-hybridized carbons (Fsp3) is 0.480. The van der Waals surface area contributed by atoms with Crippen molar-refractivity contribution in [3.63, 3.8) is 0 Å². The number of anilines is 1. The Morgan fingerprint density at radius 2 is 1.69 bits per heavy atom. The van der Waals surface area contributed by atoms with Crippen molar-refractivity contribution in [1.82, 2.24) is 14.8 Å². The fourth-order valence-corrected chi connectivity index (χ4v) is 4.62. The summed E-state index contributed by atoms with van der Waals surface area (Å²) >= 11 is 0. The van der Waals surface area contributed by atoms with E-state index < -0.39 is 0 Å². The van der Waals surface area contributed by atoms with Crippen LogP contribution in [0.25, 0.3) is 0 Å². The highest BCUT2D eigenvalue weighted by Gasteiger charge is 2.18. The van der Waals surface area contributed by atoms with E-state index in [-0.39, 0.29) is 30.0 Å². The zero-order valence-electron chi connectivity index (χ0n) is 18.5. The van der Waals surface area contributed by atoms with E-state index in [4.69, 9.17) is 0 Å². The Kier molecular flexibility index (Phi) is 7.37. The number of carbonyl (C=O) groups excluding carboxylic acids is 2. The lowest BCUT2D eigenvalue weighted by Gasteiger charge is -2.23. The molecule has 2 amide bonds.